The zero-order chi connectivity index (χ0) is 9.23. The summed E-state index contributed by atoms with van der Waals surface area (Å²) in [6.45, 7) is 4.30. The van der Waals surface area contributed by atoms with Gasteiger partial charge in [-0.15, -0.1) is 0 Å². The van der Waals surface area contributed by atoms with Crippen molar-refractivity contribution in [3.05, 3.63) is 12.2 Å². The lowest BCUT2D eigenvalue weighted by Crippen LogP contribution is -1.99. The van der Waals surface area contributed by atoms with E-state index in [4.69, 9.17) is 0 Å². The first kappa shape index (κ1) is 11.7. The number of aliphatic hydroxyl groups excluding tert-OH is 1. The lowest BCUT2D eigenvalue weighted by molar-refractivity contribution is 0.211. The quantitative estimate of drug-likeness (QED) is 0.459. The molecule has 0 aliphatic rings. The largest absolute Gasteiger partial charge is 0.389 e. The van der Waals surface area contributed by atoms with Crippen molar-refractivity contribution in [2.75, 3.05) is 0 Å². The van der Waals surface area contributed by atoms with Gasteiger partial charge >= 0.3 is 0 Å². The summed E-state index contributed by atoms with van der Waals surface area (Å²) in [6, 6.07) is 0. The van der Waals surface area contributed by atoms with Gasteiger partial charge in [0.15, 0.2) is 0 Å². The first-order valence-electron chi connectivity index (χ1n) is 5.16. The highest BCUT2D eigenvalue weighted by atomic mass is 16.3. The molecule has 0 aromatic heterocycles. The fraction of sp³-hybridized carbons (Fsp3) is 0.818. The van der Waals surface area contributed by atoms with Gasteiger partial charge in [0.2, 0.25) is 0 Å². The molecular formula is C11H22O. The van der Waals surface area contributed by atoms with Crippen LogP contribution in [-0.2, 0) is 0 Å². The van der Waals surface area contributed by atoms with Crippen molar-refractivity contribution >= 4 is 0 Å². The zero-order valence-electron chi connectivity index (χ0n) is 8.42. The molecule has 72 valence electrons. The summed E-state index contributed by atoms with van der Waals surface area (Å²) in [5, 5.41) is 9.32. The molecular weight excluding hydrogens is 148 g/mol. The van der Waals surface area contributed by atoms with Crippen LogP contribution in [0.3, 0.4) is 0 Å². The van der Waals surface area contributed by atoms with E-state index in [0.717, 1.165) is 19.3 Å². The molecule has 12 heavy (non-hydrogen) atoms. The van der Waals surface area contributed by atoms with Gasteiger partial charge in [-0.1, -0.05) is 45.3 Å². The number of unbranched alkanes of at least 4 members (excludes halogenated alkanes) is 3. The number of hydrogen-bond acceptors (Lipinski definition) is 1. The fourth-order valence-corrected chi connectivity index (χ4v) is 1.16. The summed E-state index contributed by atoms with van der Waals surface area (Å²) in [7, 11) is 0. The van der Waals surface area contributed by atoms with Crippen molar-refractivity contribution in [2.45, 2.75) is 58.5 Å². The molecule has 1 N–H and O–H groups in total. The van der Waals surface area contributed by atoms with Gasteiger partial charge in [0, 0.05) is 0 Å². The maximum Gasteiger partial charge on any atom is 0.0720 e. The van der Waals surface area contributed by atoms with Gasteiger partial charge in [0.1, 0.15) is 0 Å². The highest BCUT2D eigenvalue weighted by Crippen LogP contribution is 2.02. The monoisotopic (exact) mass is 170 g/mol. The Bertz CT molecular complexity index is 108. The van der Waals surface area contributed by atoms with E-state index < -0.39 is 0 Å². The fourth-order valence-electron chi connectivity index (χ4n) is 1.16. The van der Waals surface area contributed by atoms with Crippen LogP contribution < -0.4 is 0 Å². The molecule has 0 aromatic rings. The average molecular weight is 170 g/mol. The molecule has 1 atom stereocenters. The van der Waals surface area contributed by atoms with Gasteiger partial charge in [-0.25, -0.2) is 0 Å². The second-order valence-electron chi connectivity index (χ2n) is 3.28. The van der Waals surface area contributed by atoms with Gasteiger partial charge in [-0.05, 0) is 19.3 Å². The van der Waals surface area contributed by atoms with Crippen LogP contribution >= 0.6 is 0 Å². The summed E-state index contributed by atoms with van der Waals surface area (Å²) < 4.78 is 0. The summed E-state index contributed by atoms with van der Waals surface area (Å²) in [5.41, 5.74) is 0. The normalized spacial score (nSPS) is 13.9. The Morgan fingerprint density at radius 3 is 2.50 bits per heavy atom. The minimum atomic E-state index is -0.211. The third-order valence-corrected chi connectivity index (χ3v) is 1.92. The van der Waals surface area contributed by atoms with Crippen molar-refractivity contribution in [1.29, 1.82) is 0 Å². The van der Waals surface area contributed by atoms with Gasteiger partial charge < -0.3 is 5.11 Å². The molecule has 0 aromatic carbocycles. The molecule has 0 spiro atoms. The van der Waals surface area contributed by atoms with Crippen molar-refractivity contribution in [3.8, 4) is 0 Å². The number of rotatable bonds is 7. The molecule has 0 heterocycles. The molecule has 0 fully saturated rings. The van der Waals surface area contributed by atoms with Crippen molar-refractivity contribution in [3.63, 3.8) is 0 Å². The Hall–Kier alpha value is -0.300. The highest BCUT2D eigenvalue weighted by Gasteiger charge is 1.94. The minimum Gasteiger partial charge on any atom is -0.389 e. The number of allylic oxidation sites excluding steroid dienone is 1. The van der Waals surface area contributed by atoms with E-state index in [9.17, 15) is 5.11 Å². The summed E-state index contributed by atoms with van der Waals surface area (Å²) in [5.74, 6) is 0. The van der Waals surface area contributed by atoms with E-state index in [0.29, 0.717) is 0 Å². The second kappa shape index (κ2) is 8.79. The van der Waals surface area contributed by atoms with Gasteiger partial charge in [0.25, 0.3) is 0 Å². The van der Waals surface area contributed by atoms with Crippen LogP contribution in [-0.4, -0.2) is 11.2 Å². The SMILES string of the molecule is CCCCCC=CC(O)CCC. The van der Waals surface area contributed by atoms with Crippen LogP contribution in [0.4, 0.5) is 0 Å². The van der Waals surface area contributed by atoms with Crippen LogP contribution in [0.15, 0.2) is 12.2 Å². The Morgan fingerprint density at radius 2 is 1.92 bits per heavy atom. The molecule has 0 saturated heterocycles. The molecule has 0 radical (unpaired) electrons. The predicted molar refractivity (Wildman–Crippen MR) is 54.2 cm³/mol. The van der Waals surface area contributed by atoms with Gasteiger partial charge in [0.05, 0.1) is 6.10 Å². The lowest BCUT2D eigenvalue weighted by Gasteiger charge is -2.01. The zero-order valence-corrected chi connectivity index (χ0v) is 8.42. The Balaban J connectivity index is 3.22. The molecule has 0 aliphatic heterocycles. The van der Waals surface area contributed by atoms with Crippen molar-refractivity contribution in [1.82, 2.24) is 0 Å². The van der Waals surface area contributed by atoms with Gasteiger partial charge in [-0.2, -0.15) is 0 Å². The van der Waals surface area contributed by atoms with E-state index in [1.165, 1.54) is 19.3 Å². The van der Waals surface area contributed by atoms with Crippen LogP contribution in [0.2, 0.25) is 0 Å². The van der Waals surface area contributed by atoms with Crippen molar-refractivity contribution in [2.24, 2.45) is 0 Å². The molecule has 0 bridgehead atoms. The highest BCUT2D eigenvalue weighted by molar-refractivity contribution is 4.87. The van der Waals surface area contributed by atoms with E-state index in [1.807, 2.05) is 6.08 Å². The second-order valence-corrected chi connectivity index (χ2v) is 3.28. The molecule has 0 amide bonds. The van der Waals surface area contributed by atoms with Crippen LogP contribution in [0, 0.1) is 0 Å². The third-order valence-electron chi connectivity index (χ3n) is 1.92. The van der Waals surface area contributed by atoms with E-state index in [2.05, 4.69) is 19.9 Å². The Morgan fingerprint density at radius 1 is 1.17 bits per heavy atom. The van der Waals surface area contributed by atoms with Crippen LogP contribution in [0.1, 0.15) is 52.4 Å². The van der Waals surface area contributed by atoms with Crippen LogP contribution in [0.25, 0.3) is 0 Å². The molecule has 0 saturated carbocycles. The molecule has 1 heteroatoms. The number of hydrogen-bond donors (Lipinski definition) is 1. The topological polar surface area (TPSA) is 20.2 Å². The minimum absolute atomic E-state index is 0.211. The lowest BCUT2D eigenvalue weighted by atomic mass is 10.1. The van der Waals surface area contributed by atoms with E-state index in [1.54, 1.807) is 0 Å². The predicted octanol–water partition coefficient (Wildman–Crippen LogP) is 3.28. The van der Waals surface area contributed by atoms with Gasteiger partial charge in [-0.3, -0.25) is 0 Å². The van der Waals surface area contributed by atoms with E-state index in [-0.39, 0.29) is 6.10 Å². The average Bonchev–Trinajstić information content (AvgIpc) is 2.05. The number of aliphatic hydroxyl groups is 1. The first-order valence-corrected chi connectivity index (χ1v) is 5.16. The van der Waals surface area contributed by atoms with Crippen LogP contribution in [0.5, 0.6) is 0 Å². The standard InChI is InChI=1S/C11H22O/c1-3-5-6-7-8-10-11(12)9-4-2/h8,10-12H,3-7,9H2,1-2H3. The van der Waals surface area contributed by atoms with Crippen molar-refractivity contribution < 1.29 is 5.11 Å². The molecule has 1 nitrogen and oxygen atoms in total. The summed E-state index contributed by atoms with van der Waals surface area (Å²) in [4.78, 5) is 0. The third kappa shape index (κ3) is 7.80. The maximum absolute atomic E-state index is 9.32. The molecule has 1 unspecified atom stereocenters. The van der Waals surface area contributed by atoms with E-state index >= 15 is 0 Å². The summed E-state index contributed by atoms with van der Waals surface area (Å²) >= 11 is 0. The molecule has 0 rings (SSSR count). The first-order chi connectivity index (χ1) is 5.81. The molecule has 0 aliphatic carbocycles. The Labute approximate surface area is 76.5 Å². The Kier molecular flexibility index (Phi) is 8.57. The maximum atomic E-state index is 9.32. The smallest absolute Gasteiger partial charge is 0.0720 e. The summed E-state index contributed by atoms with van der Waals surface area (Å²) in [6.07, 6.45) is 10.7.